The van der Waals surface area contributed by atoms with Crippen LogP contribution in [0.1, 0.15) is 30.4 Å². The number of nitrogens with zero attached hydrogens (tertiary/aromatic N) is 5. The van der Waals surface area contributed by atoms with Crippen LogP contribution in [-0.4, -0.2) is 34.3 Å². The molecule has 1 aliphatic heterocycles. The molecular formula is C28H28FN7O. The summed E-state index contributed by atoms with van der Waals surface area (Å²) in [5, 5.41) is 7.58. The van der Waals surface area contributed by atoms with E-state index in [9.17, 15) is 4.39 Å². The fourth-order valence-electron chi connectivity index (χ4n) is 3.92. The van der Waals surface area contributed by atoms with Gasteiger partial charge in [-0.05, 0) is 78.9 Å². The number of ether oxygens (including phenoxy) is 1. The van der Waals surface area contributed by atoms with Crippen LogP contribution in [0.4, 0.5) is 27.9 Å². The molecule has 1 saturated heterocycles. The van der Waals surface area contributed by atoms with Crippen molar-refractivity contribution in [1.29, 1.82) is 0 Å². The van der Waals surface area contributed by atoms with Crippen LogP contribution in [0, 0.1) is 5.82 Å². The molecule has 5 rings (SSSR count). The second-order valence-electron chi connectivity index (χ2n) is 8.68. The molecule has 1 aliphatic rings. The van der Waals surface area contributed by atoms with Gasteiger partial charge in [0, 0.05) is 18.8 Å². The van der Waals surface area contributed by atoms with Gasteiger partial charge in [-0.15, -0.1) is 0 Å². The Labute approximate surface area is 215 Å². The third-order valence-electron chi connectivity index (χ3n) is 5.87. The highest BCUT2D eigenvalue weighted by atomic mass is 19.1. The Kier molecular flexibility index (Phi) is 7.80. The van der Waals surface area contributed by atoms with Crippen molar-refractivity contribution in [2.45, 2.75) is 25.9 Å². The number of hydrogen-bond donors (Lipinski definition) is 2. The van der Waals surface area contributed by atoms with Crippen molar-refractivity contribution in [3.8, 4) is 5.75 Å². The fourth-order valence-corrected chi connectivity index (χ4v) is 3.92. The Bertz CT molecular complexity index is 1310. The second-order valence-corrected chi connectivity index (χ2v) is 8.68. The van der Waals surface area contributed by atoms with Crippen LogP contribution in [0.2, 0.25) is 0 Å². The van der Waals surface area contributed by atoms with Crippen molar-refractivity contribution in [3.63, 3.8) is 0 Å². The van der Waals surface area contributed by atoms with Gasteiger partial charge in [0.05, 0.1) is 6.21 Å². The maximum atomic E-state index is 13.0. The van der Waals surface area contributed by atoms with Crippen LogP contribution in [0.25, 0.3) is 0 Å². The van der Waals surface area contributed by atoms with Crippen LogP contribution in [-0.2, 0) is 6.61 Å². The number of hydrogen-bond acceptors (Lipinski definition) is 8. The number of nitrogens with one attached hydrogen (secondary N) is 2. The lowest BCUT2D eigenvalue weighted by Crippen LogP contribution is -2.31. The SMILES string of the molecule is Fc1ccc(COc2ccc(/C=N\Nc3nc(Nc4ccccc4)nc(N4CCCCC4)n3)cc2)cc1. The third kappa shape index (κ3) is 7.00. The van der Waals surface area contributed by atoms with Crippen molar-refractivity contribution in [2.75, 3.05) is 28.7 Å². The van der Waals surface area contributed by atoms with Gasteiger partial charge in [0.1, 0.15) is 18.2 Å². The Balaban J connectivity index is 1.24. The topological polar surface area (TPSA) is 87.6 Å². The molecule has 3 aromatic carbocycles. The number of piperidine rings is 1. The summed E-state index contributed by atoms with van der Waals surface area (Å²) >= 11 is 0. The summed E-state index contributed by atoms with van der Waals surface area (Å²) in [5.74, 6) is 1.92. The molecule has 8 nitrogen and oxygen atoms in total. The highest BCUT2D eigenvalue weighted by Crippen LogP contribution is 2.21. The molecule has 0 amide bonds. The Morgan fingerprint density at radius 3 is 2.32 bits per heavy atom. The Morgan fingerprint density at radius 2 is 1.57 bits per heavy atom. The number of anilines is 4. The first kappa shape index (κ1) is 24.2. The summed E-state index contributed by atoms with van der Waals surface area (Å²) in [6.07, 6.45) is 5.16. The summed E-state index contributed by atoms with van der Waals surface area (Å²) in [4.78, 5) is 15.9. The minimum absolute atomic E-state index is 0.260. The molecule has 188 valence electrons. The summed E-state index contributed by atoms with van der Waals surface area (Å²) in [5.41, 5.74) is 5.63. The smallest absolute Gasteiger partial charge is 0.250 e. The van der Waals surface area contributed by atoms with Crippen LogP contribution >= 0.6 is 0 Å². The van der Waals surface area contributed by atoms with E-state index in [1.165, 1.54) is 18.6 Å². The molecule has 37 heavy (non-hydrogen) atoms. The van der Waals surface area contributed by atoms with Crippen molar-refractivity contribution >= 4 is 29.7 Å². The van der Waals surface area contributed by atoms with Gasteiger partial charge in [-0.25, -0.2) is 9.82 Å². The second kappa shape index (κ2) is 11.9. The first-order valence-corrected chi connectivity index (χ1v) is 12.3. The molecule has 9 heteroatoms. The molecule has 2 N–H and O–H groups in total. The largest absolute Gasteiger partial charge is 0.489 e. The van der Waals surface area contributed by atoms with E-state index in [-0.39, 0.29) is 5.82 Å². The molecule has 0 radical (unpaired) electrons. The molecule has 4 aromatic rings. The average Bonchev–Trinajstić information content (AvgIpc) is 2.94. The minimum atomic E-state index is -0.260. The fraction of sp³-hybridized carbons (Fsp3) is 0.214. The van der Waals surface area contributed by atoms with Crippen molar-refractivity contribution < 1.29 is 9.13 Å². The maximum absolute atomic E-state index is 13.0. The molecule has 1 fully saturated rings. The number of halogens is 1. The molecule has 0 saturated carbocycles. The van der Waals surface area contributed by atoms with Crippen LogP contribution < -0.4 is 20.4 Å². The third-order valence-corrected chi connectivity index (χ3v) is 5.87. The molecule has 2 heterocycles. The van der Waals surface area contributed by atoms with E-state index in [4.69, 9.17) is 4.74 Å². The normalized spacial score (nSPS) is 13.5. The lowest BCUT2D eigenvalue weighted by atomic mass is 10.1. The van der Waals surface area contributed by atoms with Crippen LogP contribution in [0.3, 0.4) is 0 Å². The van der Waals surface area contributed by atoms with Gasteiger partial charge < -0.3 is 15.0 Å². The van der Waals surface area contributed by atoms with E-state index in [0.717, 1.165) is 48.5 Å². The summed E-state index contributed by atoms with van der Waals surface area (Å²) in [6.45, 7) is 2.22. The van der Waals surface area contributed by atoms with E-state index in [0.29, 0.717) is 24.5 Å². The van der Waals surface area contributed by atoms with Gasteiger partial charge in [-0.2, -0.15) is 20.1 Å². The standard InChI is InChI=1S/C28H28FN7O/c29-23-13-9-22(10-14-23)20-37-25-15-11-21(12-16-25)19-30-35-27-32-26(31-24-7-3-1-4-8-24)33-28(34-27)36-17-5-2-6-18-36/h1,3-4,7-16,19H,2,5-6,17-18,20H2,(H2,31,32,33,34,35)/b30-19-. The maximum Gasteiger partial charge on any atom is 0.250 e. The number of benzene rings is 3. The first-order chi connectivity index (χ1) is 18.2. The van der Waals surface area contributed by atoms with E-state index >= 15 is 0 Å². The van der Waals surface area contributed by atoms with Crippen molar-refractivity contribution in [2.24, 2.45) is 5.10 Å². The summed E-state index contributed by atoms with van der Waals surface area (Å²) < 4.78 is 18.8. The quantitative estimate of drug-likeness (QED) is 0.224. The van der Waals surface area contributed by atoms with Gasteiger partial charge in [0.15, 0.2) is 0 Å². The summed E-state index contributed by atoms with van der Waals surface area (Å²) in [7, 11) is 0. The first-order valence-electron chi connectivity index (χ1n) is 12.3. The highest BCUT2D eigenvalue weighted by molar-refractivity contribution is 5.80. The average molecular weight is 498 g/mol. The molecule has 0 spiro atoms. The zero-order valence-corrected chi connectivity index (χ0v) is 20.3. The zero-order valence-electron chi connectivity index (χ0n) is 20.3. The molecule has 0 unspecified atom stereocenters. The molecular weight excluding hydrogens is 469 g/mol. The van der Waals surface area contributed by atoms with Gasteiger partial charge in [-0.3, -0.25) is 0 Å². The van der Waals surface area contributed by atoms with Gasteiger partial charge >= 0.3 is 0 Å². The van der Waals surface area contributed by atoms with Gasteiger partial charge in [0.25, 0.3) is 0 Å². The van der Waals surface area contributed by atoms with Gasteiger partial charge in [-0.1, -0.05) is 30.3 Å². The zero-order chi connectivity index (χ0) is 25.3. The molecule has 0 atom stereocenters. The monoisotopic (exact) mass is 497 g/mol. The molecule has 0 aliphatic carbocycles. The number of para-hydroxylation sites is 1. The van der Waals surface area contributed by atoms with Crippen LogP contribution in [0.5, 0.6) is 5.75 Å². The van der Waals surface area contributed by atoms with Crippen molar-refractivity contribution in [1.82, 2.24) is 15.0 Å². The van der Waals surface area contributed by atoms with Crippen molar-refractivity contribution in [3.05, 3.63) is 95.8 Å². The summed E-state index contributed by atoms with van der Waals surface area (Å²) in [6, 6.07) is 23.6. The van der Waals surface area contributed by atoms with E-state index in [2.05, 4.69) is 35.7 Å². The van der Waals surface area contributed by atoms with E-state index < -0.39 is 0 Å². The number of rotatable bonds is 9. The Morgan fingerprint density at radius 1 is 0.838 bits per heavy atom. The number of aromatic nitrogens is 3. The van der Waals surface area contributed by atoms with Crippen LogP contribution in [0.15, 0.2) is 84.0 Å². The highest BCUT2D eigenvalue weighted by Gasteiger charge is 2.16. The minimum Gasteiger partial charge on any atom is -0.489 e. The van der Waals surface area contributed by atoms with Gasteiger partial charge in [0.2, 0.25) is 17.8 Å². The molecule has 0 bridgehead atoms. The Hall–Kier alpha value is -4.53. The molecule has 1 aromatic heterocycles. The van der Waals surface area contributed by atoms with E-state index in [1.807, 2.05) is 54.6 Å². The predicted octanol–water partition coefficient (Wildman–Crippen LogP) is 5.77. The number of hydrazone groups is 1. The predicted molar refractivity (Wildman–Crippen MR) is 144 cm³/mol. The lowest BCUT2D eigenvalue weighted by molar-refractivity contribution is 0.306. The lowest BCUT2D eigenvalue weighted by Gasteiger charge is -2.26. The van der Waals surface area contributed by atoms with E-state index in [1.54, 1.807) is 18.3 Å².